The summed E-state index contributed by atoms with van der Waals surface area (Å²) in [6, 6.07) is 1.90. The van der Waals surface area contributed by atoms with Crippen molar-refractivity contribution in [2.75, 3.05) is 7.05 Å². The zero-order chi connectivity index (χ0) is 7.84. The Morgan fingerprint density at radius 2 is 2.18 bits per heavy atom. The Hall–Kier alpha value is -0.0400. The highest BCUT2D eigenvalue weighted by atomic mass is 15.2. The molecular formula is C10H19N. The standard InChI is InChI=1S/C10H19N/c1-3-4-10-8-5-6-9(7-8)11(10)2/h8-10H,3-7H2,1-2H3. The van der Waals surface area contributed by atoms with Crippen LogP contribution in [-0.4, -0.2) is 24.0 Å². The van der Waals surface area contributed by atoms with E-state index in [0.29, 0.717) is 0 Å². The highest BCUT2D eigenvalue weighted by Crippen LogP contribution is 2.42. The quantitative estimate of drug-likeness (QED) is 0.588. The molecular weight excluding hydrogens is 134 g/mol. The van der Waals surface area contributed by atoms with Crippen molar-refractivity contribution in [1.29, 1.82) is 0 Å². The zero-order valence-corrected chi connectivity index (χ0v) is 7.71. The Morgan fingerprint density at radius 3 is 2.73 bits per heavy atom. The molecule has 2 fully saturated rings. The lowest BCUT2D eigenvalue weighted by Gasteiger charge is -2.31. The predicted octanol–water partition coefficient (Wildman–Crippen LogP) is 2.27. The Balaban J connectivity index is 2.00. The van der Waals surface area contributed by atoms with Crippen molar-refractivity contribution in [2.45, 2.75) is 51.1 Å². The number of likely N-dealkylation sites (tertiary alicyclic amines) is 1. The fraction of sp³-hybridized carbons (Fsp3) is 1.00. The smallest absolute Gasteiger partial charge is 0.0124 e. The second-order valence-corrected chi connectivity index (χ2v) is 4.25. The summed E-state index contributed by atoms with van der Waals surface area (Å²) in [6.07, 6.45) is 7.28. The molecule has 0 spiro atoms. The molecule has 1 saturated heterocycles. The molecule has 2 bridgehead atoms. The van der Waals surface area contributed by atoms with Crippen LogP contribution in [0.3, 0.4) is 0 Å². The monoisotopic (exact) mass is 153 g/mol. The second-order valence-electron chi connectivity index (χ2n) is 4.25. The van der Waals surface area contributed by atoms with Gasteiger partial charge in [0.15, 0.2) is 0 Å². The van der Waals surface area contributed by atoms with Gasteiger partial charge in [-0.1, -0.05) is 13.3 Å². The van der Waals surface area contributed by atoms with Gasteiger partial charge >= 0.3 is 0 Å². The van der Waals surface area contributed by atoms with Gasteiger partial charge in [-0.2, -0.15) is 0 Å². The first-order valence-electron chi connectivity index (χ1n) is 5.05. The van der Waals surface area contributed by atoms with E-state index in [9.17, 15) is 0 Å². The fourth-order valence-corrected chi connectivity index (χ4v) is 3.05. The number of fused-ring (bicyclic) bond motifs is 2. The molecule has 1 heterocycles. The number of hydrogen-bond donors (Lipinski definition) is 0. The van der Waals surface area contributed by atoms with Crippen LogP contribution in [0.4, 0.5) is 0 Å². The molecule has 2 aliphatic rings. The van der Waals surface area contributed by atoms with Crippen LogP contribution in [0.5, 0.6) is 0 Å². The highest BCUT2D eigenvalue weighted by molar-refractivity contribution is 4.97. The first-order chi connectivity index (χ1) is 5.33. The molecule has 3 atom stereocenters. The van der Waals surface area contributed by atoms with Gasteiger partial charge in [0, 0.05) is 12.1 Å². The van der Waals surface area contributed by atoms with Crippen LogP contribution in [0, 0.1) is 5.92 Å². The summed E-state index contributed by atoms with van der Waals surface area (Å²) in [5.74, 6) is 1.06. The zero-order valence-electron chi connectivity index (χ0n) is 7.71. The first-order valence-corrected chi connectivity index (χ1v) is 5.05. The average molecular weight is 153 g/mol. The molecule has 64 valence electrons. The van der Waals surface area contributed by atoms with Gasteiger partial charge in [-0.25, -0.2) is 0 Å². The second kappa shape index (κ2) is 2.78. The Kier molecular flexibility index (Phi) is 1.92. The first kappa shape index (κ1) is 7.60. The fourth-order valence-electron chi connectivity index (χ4n) is 3.05. The molecule has 1 saturated carbocycles. The molecule has 3 unspecified atom stereocenters. The van der Waals surface area contributed by atoms with Crippen molar-refractivity contribution in [1.82, 2.24) is 4.90 Å². The number of hydrogen-bond acceptors (Lipinski definition) is 1. The highest BCUT2D eigenvalue weighted by Gasteiger charge is 2.42. The minimum atomic E-state index is 0.943. The van der Waals surface area contributed by atoms with Crippen LogP contribution >= 0.6 is 0 Å². The maximum absolute atomic E-state index is 2.64. The van der Waals surface area contributed by atoms with E-state index >= 15 is 0 Å². The Labute approximate surface area is 69.8 Å². The molecule has 0 radical (unpaired) electrons. The SMILES string of the molecule is CCCC1C2CCC(C2)N1C. The van der Waals surface area contributed by atoms with E-state index in [2.05, 4.69) is 18.9 Å². The molecule has 2 rings (SSSR count). The van der Waals surface area contributed by atoms with Crippen molar-refractivity contribution >= 4 is 0 Å². The van der Waals surface area contributed by atoms with E-state index in [1.165, 1.54) is 32.1 Å². The molecule has 0 aromatic rings. The minimum Gasteiger partial charge on any atom is -0.300 e. The van der Waals surface area contributed by atoms with E-state index in [4.69, 9.17) is 0 Å². The average Bonchev–Trinajstić information content (AvgIpc) is 2.54. The molecule has 1 aliphatic heterocycles. The number of nitrogens with zero attached hydrogens (tertiary/aromatic N) is 1. The maximum Gasteiger partial charge on any atom is 0.0124 e. The van der Waals surface area contributed by atoms with Crippen LogP contribution in [0.15, 0.2) is 0 Å². The van der Waals surface area contributed by atoms with E-state index in [-0.39, 0.29) is 0 Å². The molecule has 0 amide bonds. The molecule has 0 aromatic carbocycles. The van der Waals surface area contributed by atoms with Crippen molar-refractivity contribution in [3.63, 3.8) is 0 Å². The van der Waals surface area contributed by atoms with E-state index in [0.717, 1.165) is 18.0 Å². The van der Waals surface area contributed by atoms with Crippen LogP contribution in [-0.2, 0) is 0 Å². The summed E-state index contributed by atoms with van der Waals surface area (Å²) in [6.45, 7) is 2.31. The lowest BCUT2D eigenvalue weighted by molar-refractivity contribution is 0.166. The molecule has 1 nitrogen and oxygen atoms in total. The molecule has 1 heteroatoms. The summed E-state index contributed by atoms with van der Waals surface area (Å²) < 4.78 is 0. The number of rotatable bonds is 2. The molecule has 11 heavy (non-hydrogen) atoms. The third kappa shape index (κ3) is 1.10. The van der Waals surface area contributed by atoms with Crippen LogP contribution in [0.1, 0.15) is 39.0 Å². The van der Waals surface area contributed by atoms with Gasteiger partial charge in [0.05, 0.1) is 0 Å². The van der Waals surface area contributed by atoms with Crippen LogP contribution < -0.4 is 0 Å². The maximum atomic E-state index is 2.64. The van der Waals surface area contributed by atoms with Crippen molar-refractivity contribution in [3.8, 4) is 0 Å². The summed E-state index contributed by atoms with van der Waals surface area (Å²) in [5.41, 5.74) is 0. The topological polar surface area (TPSA) is 3.24 Å². The summed E-state index contributed by atoms with van der Waals surface area (Å²) in [5, 5.41) is 0. The van der Waals surface area contributed by atoms with Crippen molar-refractivity contribution in [2.24, 2.45) is 5.92 Å². The predicted molar refractivity (Wildman–Crippen MR) is 47.6 cm³/mol. The normalized spacial score (nSPS) is 43.6. The van der Waals surface area contributed by atoms with E-state index < -0.39 is 0 Å². The van der Waals surface area contributed by atoms with E-state index in [1.807, 2.05) is 0 Å². The van der Waals surface area contributed by atoms with E-state index in [1.54, 1.807) is 0 Å². The van der Waals surface area contributed by atoms with Crippen molar-refractivity contribution in [3.05, 3.63) is 0 Å². The third-order valence-corrected chi connectivity index (χ3v) is 3.67. The van der Waals surface area contributed by atoms with Gasteiger partial charge in [-0.15, -0.1) is 0 Å². The summed E-state index contributed by atoms with van der Waals surface area (Å²) >= 11 is 0. The summed E-state index contributed by atoms with van der Waals surface area (Å²) in [7, 11) is 2.32. The third-order valence-electron chi connectivity index (χ3n) is 3.67. The lowest BCUT2D eigenvalue weighted by atomic mass is 9.95. The van der Waals surface area contributed by atoms with Gasteiger partial charge in [-0.05, 0) is 38.6 Å². The molecule has 0 N–H and O–H groups in total. The lowest BCUT2D eigenvalue weighted by Crippen LogP contribution is -2.37. The van der Waals surface area contributed by atoms with Crippen LogP contribution in [0.2, 0.25) is 0 Å². The molecule has 0 aromatic heterocycles. The molecule has 1 aliphatic carbocycles. The van der Waals surface area contributed by atoms with Gasteiger partial charge in [-0.3, -0.25) is 0 Å². The minimum absolute atomic E-state index is 0.943. The van der Waals surface area contributed by atoms with Gasteiger partial charge in [0.2, 0.25) is 0 Å². The van der Waals surface area contributed by atoms with Gasteiger partial charge in [0.1, 0.15) is 0 Å². The van der Waals surface area contributed by atoms with Gasteiger partial charge < -0.3 is 4.90 Å². The Morgan fingerprint density at radius 1 is 1.36 bits per heavy atom. The largest absolute Gasteiger partial charge is 0.300 e. The van der Waals surface area contributed by atoms with Gasteiger partial charge in [0.25, 0.3) is 0 Å². The van der Waals surface area contributed by atoms with Crippen LogP contribution in [0.25, 0.3) is 0 Å². The summed E-state index contributed by atoms with van der Waals surface area (Å²) in [4.78, 5) is 2.64. The number of piperidine rings is 1. The van der Waals surface area contributed by atoms with Crippen molar-refractivity contribution < 1.29 is 0 Å². The Bertz CT molecular complexity index is 142.